The topological polar surface area (TPSA) is 38.3 Å². The predicted molar refractivity (Wildman–Crippen MR) is 56.1 cm³/mol. The Labute approximate surface area is 86.2 Å². The number of esters is 1. The number of piperidine rings is 1. The lowest BCUT2D eigenvalue weighted by atomic mass is 10.1. The molecule has 1 aliphatic rings. The second-order valence-corrected chi connectivity index (χ2v) is 4.35. The van der Waals surface area contributed by atoms with E-state index in [1.165, 1.54) is 6.42 Å². The summed E-state index contributed by atoms with van der Waals surface area (Å²) in [7, 11) is 0. The van der Waals surface area contributed by atoms with Crippen LogP contribution in [0.3, 0.4) is 0 Å². The van der Waals surface area contributed by atoms with Gasteiger partial charge in [0.25, 0.3) is 0 Å². The highest BCUT2D eigenvalue weighted by molar-refractivity contribution is 5.75. The maximum absolute atomic E-state index is 11.5. The van der Waals surface area contributed by atoms with Crippen molar-refractivity contribution in [3.05, 3.63) is 0 Å². The second-order valence-electron chi connectivity index (χ2n) is 4.35. The van der Waals surface area contributed by atoms with Crippen LogP contribution < -0.4 is 5.32 Å². The maximum Gasteiger partial charge on any atom is 0.323 e. The van der Waals surface area contributed by atoms with E-state index in [-0.39, 0.29) is 12.0 Å². The fourth-order valence-corrected chi connectivity index (χ4v) is 1.55. The van der Waals surface area contributed by atoms with E-state index in [0.29, 0.717) is 12.5 Å². The summed E-state index contributed by atoms with van der Waals surface area (Å²) in [6, 6.07) is -0.0455. The standard InChI is InChI=1S/C11H21NO2/c1-9(2)6-8-14-11(13)10-5-3-4-7-12-10/h9-10,12H,3-8H2,1-2H3. The number of rotatable bonds is 4. The third kappa shape index (κ3) is 4.09. The van der Waals surface area contributed by atoms with Crippen molar-refractivity contribution in [2.75, 3.05) is 13.2 Å². The van der Waals surface area contributed by atoms with Crippen molar-refractivity contribution in [3.63, 3.8) is 0 Å². The van der Waals surface area contributed by atoms with Gasteiger partial charge >= 0.3 is 5.97 Å². The molecule has 0 saturated carbocycles. The Hall–Kier alpha value is -0.570. The maximum atomic E-state index is 11.5. The van der Waals surface area contributed by atoms with Gasteiger partial charge in [-0.1, -0.05) is 20.3 Å². The molecule has 1 rings (SSSR count). The first-order valence-corrected chi connectivity index (χ1v) is 5.60. The number of carbonyl (C=O) groups is 1. The van der Waals surface area contributed by atoms with Gasteiger partial charge < -0.3 is 10.1 Å². The van der Waals surface area contributed by atoms with Crippen molar-refractivity contribution < 1.29 is 9.53 Å². The summed E-state index contributed by atoms with van der Waals surface area (Å²) >= 11 is 0. The van der Waals surface area contributed by atoms with Crippen LogP contribution in [-0.2, 0) is 9.53 Å². The smallest absolute Gasteiger partial charge is 0.323 e. The molecule has 1 aliphatic heterocycles. The van der Waals surface area contributed by atoms with Gasteiger partial charge in [-0.25, -0.2) is 0 Å². The van der Waals surface area contributed by atoms with Crippen molar-refractivity contribution in [2.45, 2.75) is 45.6 Å². The number of hydrogen-bond acceptors (Lipinski definition) is 3. The lowest BCUT2D eigenvalue weighted by Gasteiger charge is -2.21. The molecule has 3 heteroatoms. The van der Waals surface area contributed by atoms with Gasteiger partial charge in [-0.15, -0.1) is 0 Å². The molecule has 82 valence electrons. The molecular formula is C11H21NO2. The molecule has 0 spiro atoms. The van der Waals surface area contributed by atoms with Crippen LogP contribution in [0.1, 0.15) is 39.5 Å². The van der Waals surface area contributed by atoms with E-state index < -0.39 is 0 Å². The fourth-order valence-electron chi connectivity index (χ4n) is 1.55. The minimum absolute atomic E-state index is 0.0455. The van der Waals surface area contributed by atoms with Gasteiger partial charge in [-0.2, -0.15) is 0 Å². The Morgan fingerprint density at radius 1 is 1.50 bits per heavy atom. The summed E-state index contributed by atoms with van der Waals surface area (Å²) in [6.07, 6.45) is 4.20. The third-order valence-electron chi connectivity index (χ3n) is 2.53. The Balaban J connectivity index is 2.13. The summed E-state index contributed by atoms with van der Waals surface area (Å²) in [6.45, 7) is 5.78. The monoisotopic (exact) mass is 199 g/mol. The van der Waals surface area contributed by atoms with Crippen molar-refractivity contribution in [3.8, 4) is 0 Å². The second kappa shape index (κ2) is 6.02. The highest BCUT2D eigenvalue weighted by atomic mass is 16.5. The fraction of sp³-hybridized carbons (Fsp3) is 0.909. The molecule has 1 atom stereocenters. The van der Waals surface area contributed by atoms with Crippen LogP contribution in [-0.4, -0.2) is 25.2 Å². The quantitative estimate of drug-likeness (QED) is 0.701. The largest absolute Gasteiger partial charge is 0.465 e. The molecule has 0 amide bonds. The Kier molecular flexibility index (Phi) is 4.94. The molecule has 0 aliphatic carbocycles. The van der Waals surface area contributed by atoms with E-state index >= 15 is 0 Å². The average Bonchev–Trinajstić information content (AvgIpc) is 2.18. The number of ether oxygens (including phenoxy) is 1. The minimum atomic E-state index is -0.0645. The number of nitrogens with one attached hydrogen (secondary N) is 1. The molecule has 3 nitrogen and oxygen atoms in total. The lowest BCUT2D eigenvalue weighted by Crippen LogP contribution is -2.41. The van der Waals surface area contributed by atoms with Gasteiger partial charge in [0.1, 0.15) is 6.04 Å². The zero-order valence-electron chi connectivity index (χ0n) is 9.21. The van der Waals surface area contributed by atoms with Crippen LogP contribution in [0.25, 0.3) is 0 Å². The van der Waals surface area contributed by atoms with E-state index in [1.54, 1.807) is 0 Å². The van der Waals surface area contributed by atoms with Crippen LogP contribution >= 0.6 is 0 Å². The summed E-state index contributed by atoms with van der Waals surface area (Å²) in [5.41, 5.74) is 0. The molecule has 0 radical (unpaired) electrons. The minimum Gasteiger partial charge on any atom is -0.465 e. The van der Waals surface area contributed by atoms with E-state index in [4.69, 9.17) is 4.74 Å². The van der Waals surface area contributed by atoms with Crippen LogP contribution in [0.4, 0.5) is 0 Å². The number of hydrogen-bond donors (Lipinski definition) is 1. The zero-order chi connectivity index (χ0) is 10.4. The molecule has 1 heterocycles. The molecule has 1 saturated heterocycles. The van der Waals surface area contributed by atoms with E-state index in [2.05, 4.69) is 19.2 Å². The molecule has 14 heavy (non-hydrogen) atoms. The molecular weight excluding hydrogens is 178 g/mol. The summed E-state index contributed by atoms with van der Waals surface area (Å²) in [5, 5.41) is 3.18. The molecule has 0 aromatic heterocycles. The van der Waals surface area contributed by atoms with E-state index in [0.717, 1.165) is 25.8 Å². The Morgan fingerprint density at radius 3 is 2.86 bits per heavy atom. The molecule has 1 fully saturated rings. The average molecular weight is 199 g/mol. The van der Waals surface area contributed by atoms with Crippen LogP contribution in [0.15, 0.2) is 0 Å². The Bertz CT molecular complexity index is 174. The van der Waals surface area contributed by atoms with Crippen molar-refractivity contribution in [1.82, 2.24) is 5.32 Å². The third-order valence-corrected chi connectivity index (χ3v) is 2.53. The highest BCUT2D eigenvalue weighted by Gasteiger charge is 2.21. The van der Waals surface area contributed by atoms with Crippen LogP contribution in [0, 0.1) is 5.92 Å². The van der Waals surface area contributed by atoms with Gasteiger partial charge in [0.2, 0.25) is 0 Å². The summed E-state index contributed by atoms with van der Waals surface area (Å²) in [4.78, 5) is 11.5. The SMILES string of the molecule is CC(C)CCOC(=O)C1CCCCN1. The highest BCUT2D eigenvalue weighted by Crippen LogP contribution is 2.09. The predicted octanol–water partition coefficient (Wildman–Crippen LogP) is 1.72. The first kappa shape index (κ1) is 11.5. The van der Waals surface area contributed by atoms with Gasteiger partial charge in [-0.05, 0) is 31.7 Å². The molecule has 1 unspecified atom stereocenters. The zero-order valence-corrected chi connectivity index (χ0v) is 9.21. The summed E-state index contributed by atoms with van der Waals surface area (Å²) in [5.74, 6) is 0.535. The first-order valence-electron chi connectivity index (χ1n) is 5.60. The molecule has 0 aromatic carbocycles. The molecule has 0 aromatic rings. The van der Waals surface area contributed by atoms with Gasteiger partial charge in [-0.3, -0.25) is 4.79 Å². The van der Waals surface area contributed by atoms with Gasteiger partial charge in [0.15, 0.2) is 0 Å². The lowest BCUT2D eigenvalue weighted by molar-refractivity contribution is -0.147. The first-order chi connectivity index (χ1) is 6.70. The van der Waals surface area contributed by atoms with E-state index in [9.17, 15) is 4.79 Å². The van der Waals surface area contributed by atoms with Crippen molar-refractivity contribution >= 4 is 5.97 Å². The van der Waals surface area contributed by atoms with Crippen LogP contribution in [0.2, 0.25) is 0 Å². The van der Waals surface area contributed by atoms with Crippen molar-refractivity contribution in [1.29, 1.82) is 0 Å². The molecule has 1 N–H and O–H groups in total. The van der Waals surface area contributed by atoms with Gasteiger partial charge in [0, 0.05) is 0 Å². The van der Waals surface area contributed by atoms with Crippen molar-refractivity contribution in [2.24, 2.45) is 5.92 Å². The normalized spacial score (nSPS) is 22.4. The van der Waals surface area contributed by atoms with E-state index in [1.807, 2.05) is 0 Å². The Morgan fingerprint density at radius 2 is 2.29 bits per heavy atom. The number of carbonyl (C=O) groups excluding carboxylic acids is 1. The molecule has 0 bridgehead atoms. The van der Waals surface area contributed by atoms with Crippen LogP contribution in [0.5, 0.6) is 0 Å². The summed E-state index contributed by atoms with van der Waals surface area (Å²) < 4.78 is 5.19. The van der Waals surface area contributed by atoms with Gasteiger partial charge in [0.05, 0.1) is 6.61 Å².